The first kappa shape index (κ1) is 14.3. The van der Waals surface area contributed by atoms with E-state index in [-0.39, 0.29) is 0 Å². The highest BCUT2D eigenvalue weighted by Crippen LogP contribution is 2.26. The van der Waals surface area contributed by atoms with Crippen molar-refractivity contribution in [3.05, 3.63) is 53.8 Å². The predicted molar refractivity (Wildman–Crippen MR) is 88.6 cm³/mol. The Morgan fingerprint density at radius 1 is 1.32 bits per heavy atom. The van der Waals surface area contributed by atoms with E-state index in [4.69, 9.17) is 9.15 Å². The fraction of sp³-hybridized carbons (Fsp3) is 0.125. The standard InChI is InChI=1S/C16H15N3O2S/c1-2-20-13-7-5-12(6-8-13)15-11-22-16(18-15)19-17-10-14-4-3-9-21-14/h3-11H,2H2,1H3,(H,18,19)/b17-10+. The molecule has 1 aromatic carbocycles. The van der Waals surface area contributed by atoms with Crippen molar-refractivity contribution in [1.29, 1.82) is 0 Å². The summed E-state index contributed by atoms with van der Waals surface area (Å²) < 4.78 is 10.6. The van der Waals surface area contributed by atoms with Crippen LogP contribution in [-0.2, 0) is 0 Å². The maximum Gasteiger partial charge on any atom is 0.203 e. The van der Waals surface area contributed by atoms with Crippen molar-refractivity contribution in [3.63, 3.8) is 0 Å². The number of hydrazone groups is 1. The van der Waals surface area contributed by atoms with Crippen LogP contribution in [-0.4, -0.2) is 17.8 Å². The highest BCUT2D eigenvalue weighted by molar-refractivity contribution is 7.14. The summed E-state index contributed by atoms with van der Waals surface area (Å²) in [4.78, 5) is 4.50. The number of ether oxygens (including phenoxy) is 1. The number of nitrogens with one attached hydrogen (secondary N) is 1. The van der Waals surface area contributed by atoms with Gasteiger partial charge in [0, 0.05) is 10.9 Å². The van der Waals surface area contributed by atoms with Crippen molar-refractivity contribution < 1.29 is 9.15 Å². The van der Waals surface area contributed by atoms with Gasteiger partial charge in [-0.05, 0) is 43.3 Å². The van der Waals surface area contributed by atoms with Crippen molar-refractivity contribution in [2.24, 2.45) is 5.10 Å². The van der Waals surface area contributed by atoms with Gasteiger partial charge in [0.25, 0.3) is 0 Å². The van der Waals surface area contributed by atoms with Crippen LogP contribution in [0.25, 0.3) is 11.3 Å². The molecule has 2 heterocycles. The SMILES string of the molecule is CCOc1ccc(-c2csc(N/N=C/c3ccco3)n2)cc1. The topological polar surface area (TPSA) is 59.6 Å². The molecule has 0 unspecified atom stereocenters. The molecule has 0 saturated heterocycles. The van der Waals surface area contributed by atoms with Crippen LogP contribution < -0.4 is 10.2 Å². The Morgan fingerprint density at radius 2 is 2.18 bits per heavy atom. The van der Waals surface area contributed by atoms with Gasteiger partial charge in [-0.25, -0.2) is 4.98 Å². The molecule has 0 aliphatic carbocycles. The van der Waals surface area contributed by atoms with Crippen LogP contribution in [0, 0.1) is 0 Å². The van der Waals surface area contributed by atoms with E-state index in [2.05, 4.69) is 15.5 Å². The lowest BCUT2D eigenvalue weighted by molar-refractivity contribution is 0.340. The average molecular weight is 313 g/mol. The second kappa shape index (κ2) is 6.91. The summed E-state index contributed by atoms with van der Waals surface area (Å²) in [6.07, 6.45) is 3.22. The molecule has 0 aliphatic heterocycles. The van der Waals surface area contributed by atoms with Crippen molar-refractivity contribution in [2.45, 2.75) is 6.92 Å². The van der Waals surface area contributed by atoms with Crippen molar-refractivity contribution in [1.82, 2.24) is 4.98 Å². The number of benzene rings is 1. The van der Waals surface area contributed by atoms with Crippen molar-refractivity contribution >= 4 is 22.7 Å². The largest absolute Gasteiger partial charge is 0.494 e. The van der Waals surface area contributed by atoms with E-state index in [0.717, 1.165) is 22.1 Å². The van der Waals surface area contributed by atoms with Gasteiger partial charge in [0.2, 0.25) is 5.13 Å². The summed E-state index contributed by atoms with van der Waals surface area (Å²) in [6.45, 7) is 2.63. The van der Waals surface area contributed by atoms with E-state index in [0.29, 0.717) is 12.4 Å². The second-order valence-corrected chi connectivity index (χ2v) is 5.24. The first-order valence-corrected chi connectivity index (χ1v) is 7.74. The van der Waals surface area contributed by atoms with E-state index in [1.807, 2.05) is 48.7 Å². The van der Waals surface area contributed by atoms with E-state index in [1.165, 1.54) is 11.3 Å². The predicted octanol–water partition coefficient (Wildman–Crippen LogP) is 4.25. The summed E-state index contributed by atoms with van der Waals surface area (Å²) in [5, 5.41) is 6.80. The van der Waals surface area contributed by atoms with Crippen LogP contribution in [0.15, 0.2) is 57.6 Å². The number of anilines is 1. The lowest BCUT2D eigenvalue weighted by Gasteiger charge is -2.03. The summed E-state index contributed by atoms with van der Waals surface area (Å²) in [6, 6.07) is 11.5. The third-order valence-electron chi connectivity index (χ3n) is 2.86. The maximum absolute atomic E-state index is 5.43. The van der Waals surface area contributed by atoms with Crippen LogP contribution in [0.3, 0.4) is 0 Å². The first-order chi connectivity index (χ1) is 10.8. The van der Waals surface area contributed by atoms with E-state index >= 15 is 0 Å². The summed E-state index contributed by atoms with van der Waals surface area (Å²) in [7, 11) is 0. The molecule has 22 heavy (non-hydrogen) atoms. The van der Waals surface area contributed by atoms with Crippen molar-refractivity contribution in [2.75, 3.05) is 12.0 Å². The third-order valence-corrected chi connectivity index (χ3v) is 3.61. The molecule has 0 aliphatic rings. The van der Waals surface area contributed by atoms with Gasteiger partial charge in [-0.3, -0.25) is 5.43 Å². The molecule has 0 radical (unpaired) electrons. The smallest absolute Gasteiger partial charge is 0.203 e. The molecule has 0 spiro atoms. The van der Waals surface area contributed by atoms with E-state index < -0.39 is 0 Å². The minimum atomic E-state index is 0.664. The van der Waals surface area contributed by atoms with Crippen LogP contribution in [0.5, 0.6) is 5.75 Å². The Bertz CT molecular complexity index is 733. The molecule has 0 fully saturated rings. The molecule has 1 N–H and O–H groups in total. The van der Waals surface area contributed by atoms with Crippen LogP contribution in [0.4, 0.5) is 5.13 Å². The zero-order chi connectivity index (χ0) is 15.2. The van der Waals surface area contributed by atoms with E-state index in [9.17, 15) is 0 Å². The van der Waals surface area contributed by atoms with Gasteiger partial charge in [-0.15, -0.1) is 11.3 Å². The Balaban J connectivity index is 1.65. The van der Waals surface area contributed by atoms with Crippen LogP contribution in [0.1, 0.15) is 12.7 Å². The van der Waals surface area contributed by atoms with Crippen molar-refractivity contribution in [3.8, 4) is 17.0 Å². The average Bonchev–Trinajstić information content (AvgIpc) is 3.20. The minimum absolute atomic E-state index is 0.664. The molecule has 0 atom stereocenters. The summed E-state index contributed by atoms with van der Waals surface area (Å²) in [5.41, 5.74) is 4.85. The molecule has 2 aromatic heterocycles. The quantitative estimate of drug-likeness (QED) is 0.546. The molecule has 0 amide bonds. The zero-order valence-corrected chi connectivity index (χ0v) is 12.8. The number of hydrogen-bond donors (Lipinski definition) is 1. The molecule has 112 valence electrons. The fourth-order valence-electron chi connectivity index (χ4n) is 1.86. The molecule has 5 nitrogen and oxygen atoms in total. The Labute approximate surface area is 132 Å². The highest BCUT2D eigenvalue weighted by Gasteiger charge is 2.04. The van der Waals surface area contributed by atoms with Gasteiger partial charge < -0.3 is 9.15 Å². The number of thiazole rings is 1. The zero-order valence-electron chi connectivity index (χ0n) is 12.0. The molecular formula is C16H15N3O2S. The van der Waals surface area contributed by atoms with E-state index in [1.54, 1.807) is 12.5 Å². The minimum Gasteiger partial charge on any atom is -0.494 e. The molecule has 6 heteroatoms. The van der Waals surface area contributed by atoms with Gasteiger partial charge in [-0.2, -0.15) is 5.10 Å². The maximum atomic E-state index is 5.43. The van der Waals surface area contributed by atoms with Gasteiger partial charge >= 0.3 is 0 Å². The number of aromatic nitrogens is 1. The van der Waals surface area contributed by atoms with Crippen LogP contribution in [0.2, 0.25) is 0 Å². The Kier molecular flexibility index (Phi) is 4.50. The second-order valence-electron chi connectivity index (χ2n) is 4.38. The molecular weight excluding hydrogens is 298 g/mol. The van der Waals surface area contributed by atoms with Gasteiger partial charge in [0.15, 0.2) is 0 Å². The number of nitrogens with zero attached hydrogens (tertiary/aromatic N) is 2. The lowest BCUT2D eigenvalue weighted by Crippen LogP contribution is -1.91. The normalized spacial score (nSPS) is 11.0. The Morgan fingerprint density at radius 3 is 2.91 bits per heavy atom. The number of hydrogen-bond acceptors (Lipinski definition) is 6. The van der Waals surface area contributed by atoms with Gasteiger partial charge in [0.1, 0.15) is 11.5 Å². The summed E-state index contributed by atoms with van der Waals surface area (Å²) in [5.74, 6) is 1.55. The number of furan rings is 1. The summed E-state index contributed by atoms with van der Waals surface area (Å²) >= 11 is 1.50. The van der Waals surface area contributed by atoms with Gasteiger partial charge in [-0.1, -0.05) is 0 Å². The highest BCUT2D eigenvalue weighted by atomic mass is 32.1. The monoisotopic (exact) mass is 313 g/mol. The number of rotatable bonds is 6. The lowest BCUT2D eigenvalue weighted by atomic mass is 10.2. The van der Waals surface area contributed by atoms with Crippen LogP contribution >= 0.6 is 11.3 Å². The fourth-order valence-corrected chi connectivity index (χ4v) is 2.53. The van der Waals surface area contributed by atoms with Gasteiger partial charge in [0.05, 0.1) is 24.8 Å². The molecule has 0 saturated carbocycles. The Hall–Kier alpha value is -2.60. The molecule has 3 aromatic rings. The third kappa shape index (κ3) is 3.53. The first-order valence-electron chi connectivity index (χ1n) is 6.86. The molecule has 0 bridgehead atoms. The molecule has 3 rings (SSSR count).